The summed E-state index contributed by atoms with van der Waals surface area (Å²) in [5.74, 6) is -1.59. The van der Waals surface area contributed by atoms with Gasteiger partial charge >= 0.3 is 6.09 Å². The Balaban J connectivity index is 1.41. The zero-order chi connectivity index (χ0) is 32.9. The van der Waals surface area contributed by atoms with Gasteiger partial charge in [0.25, 0.3) is 0 Å². The normalized spacial score (nSPS) is 22.3. The number of carbonyl (C=O) groups is 2. The first kappa shape index (κ1) is 33.7. The number of carbonyl (C=O) groups excluding carboxylic acids is 2. The fourth-order valence-electron chi connectivity index (χ4n) is 6.82. The molecule has 0 radical (unpaired) electrons. The summed E-state index contributed by atoms with van der Waals surface area (Å²) in [5, 5.41) is 8.76. The number of piperazine rings is 1. The lowest BCUT2D eigenvalue weighted by molar-refractivity contribution is -0.122. The summed E-state index contributed by atoms with van der Waals surface area (Å²) < 4.78 is 69.0. The standard InChI is InChI=1S/C33H40F2N4O6S/c1-22-20-36-21-25(39(22)46(42,43)26-7-4-3-5-8-26)13-14-27-28(35)9-6-10-29(27)37-31(40)30(38-32(41)44-2)33(15-17-45-18-16-33)23-11-12-24(34)19-23/h3-10,12,19,22,25,30,36H,11,13-18,20-21H2,1-2H3,(H,37,40)(H,38,41)/t22-,25+,30-/m1/s1. The number of ether oxygens (including phenoxy) is 2. The largest absolute Gasteiger partial charge is 0.453 e. The molecule has 2 aromatic carbocycles. The molecule has 2 fully saturated rings. The SMILES string of the molecule is COC(=O)N[C@H](C(=O)Nc1cccc(F)c1CC[C@H]1CNC[C@@H](C)N1S(=O)(=O)c1ccccc1)C1(C2=CC(F)=CC2)CCOCC1. The van der Waals surface area contributed by atoms with Crippen molar-refractivity contribution >= 4 is 27.7 Å². The Labute approximate surface area is 268 Å². The highest BCUT2D eigenvalue weighted by Gasteiger charge is 2.48. The van der Waals surface area contributed by atoms with E-state index >= 15 is 4.39 Å². The second-order valence-electron chi connectivity index (χ2n) is 11.9. The number of hydrogen-bond donors (Lipinski definition) is 3. The second kappa shape index (κ2) is 14.4. The van der Waals surface area contributed by atoms with Crippen LogP contribution in [0.1, 0.15) is 38.2 Å². The van der Waals surface area contributed by atoms with Crippen LogP contribution in [0.15, 0.2) is 77.0 Å². The van der Waals surface area contributed by atoms with Gasteiger partial charge in [0.2, 0.25) is 15.9 Å². The van der Waals surface area contributed by atoms with Crippen LogP contribution in [0.3, 0.4) is 0 Å². The number of sulfonamides is 1. The summed E-state index contributed by atoms with van der Waals surface area (Å²) in [4.78, 5) is 26.8. The van der Waals surface area contributed by atoms with Gasteiger partial charge < -0.3 is 25.4 Å². The van der Waals surface area contributed by atoms with E-state index < -0.39 is 51.2 Å². The Bertz CT molecular complexity index is 1590. The number of anilines is 1. The molecule has 1 aliphatic carbocycles. The van der Waals surface area contributed by atoms with Crippen molar-refractivity contribution in [2.75, 3.05) is 38.7 Å². The van der Waals surface area contributed by atoms with Crippen LogP contribution in [0.5, 0.6) is 0 Å². The number of halogens is 2. The summed E-state index contributed by atoms with van der Waals surface area (Å²) in [6.45, 7) is 3.28. The monoisotopic (exact) mass is 658 g/mol. The van der Waals surface area contributed by atoms with Gasteiger partial charge in [-0.05, 0) is 75.4 Å². The topological polar surface area (TPSA) is 126 Å². The molecule has 2 heterocycles. The van der Waals surface area contributed by atoms with E-state index in [-0.39, 0.29) is 41.5 Å². The number of benzene rings is 2. The lowest BCUT2D eigenvalue weighted by atomic mass is 9.67. The molecule has 3 aliphatic rings. The number of alkyl carbamates (subject to hydrolysis) is 1. The van der Waals surface area contributed by atoms with Crippen molar-refractivity contribution in [1.29, 1.82) is 0 Å². The summed E-state index contributed by atoms with van der Waals surface area (Å²) in [6, 6.07) is 10.5. The molecule has 3 atom stereocenters. The molecular weight excluding hydrogens is 618 g/mol. The first-order valence-corrected chi connectivity index (χ1v) is 16.9. The Morgan fingerprint density at radius 3 is 2.52 bits per heavy atom. The zero-order valence-electron chi connectivity index (χ0n) is 25.9. The number of hydrogen-bond acceptors (Lipinski definition) is 7. The average molecular weight is 659 g/mol. The first-order chi connectivity index (χ1) is 22.1. The molecule has 3 N–H and O–H groups in total. The van der Waals surface area contributed by atoms with Crippen LogP contribution in [-0.4, -0.2) is 76.3 Å². The highest BCUT2D eigenvalue weighted by Crippen LogP contribution is 2.46. The predicted molar refractivity (Wildman–Crippen MR) is 169 cm³/mol. The van der Waals surface area contributed by atoms with E-state index in [1.165, 1.54) is 35.7 Å². The van der Waals surface area contributed by atoms with Crippen LogP contribution >= 0.6 is 0 Å². The van der Waals surface area contributed by atoms with Crippen LogP contribution in [0.4, 0.5) is 19.3 Å². The lowest BCUT2D eigenvalue weighted by Crippen LogP contribution is -2.58. The van der Waals surface area contributed by atoms with Crippen LogP contribution in [-0.2, 0) is 30.7 Å². The second-order valence-corrected chi connectivity index (χ2v) is 13.7. The summed E-state index contributed by atoms with van der Waals surface area (Å²) in [5.41, 5.74) is 0.0903. The molecule has 46 heavy (non-hydrogen) atoms. The molecule has 2 aliphatic heterocycles. The Hall–Kier alpha value is -3.65. The smallest absolute Gasteiger partial charge is 0.407 e. The maximum Gasteiger partial charge on any atom is 0.407 e. The van der Waals surface area contributed by atoms with Crippen molar-refractivity contribution in [2.45, 2.75) is 62.0 Å². The number of rotatable bonds is 10. The van der Waals surface area contributed by atoms with Gasteiger partial charge in [-0.15, -0.1) is 0 Å². The number of allylic oxidation sites excluding steroid dienone is 3. The third-order valence-electron chi connectivity index (χ3n) is 9.15. The van der Waals surface area contributed by atoms with Crippen molar-refractivity contribution < 1.29 is 36.3 Å². The highest BCUT2D eigenvalue weighted by molar-refractivity contribution is 7.89. The van der Waals surface area contributed by atoms with Gasteiger partial charge in [0, 0.05) is 55.1 Å². The van der Waals surface area contributed by atoms with E-state index in [0.717, 1.165) is 0 Å². The Kier molecular flexibility index (Phi) is 10.6. The molecule has 0 bridgehead atoms. The van der Waals surface area contributed by atoms with Gasteiger partial charge in [0.15, 0.2) is 0 Å². The van der Waals surface area contributed by atoms with Crippen molar-refractivity contribution in [1.82, 2.24) is 14.9 Å². The summed E-state index contributed by atoms with van der Waals surface area (Å²) >= 11 is 0. The Morgan fingerprint density at radius 1 is 1.11 bits per heavy atom. The third-order valence-corrected chi connectivity index (χ3v) is 11.2. The molecule has 0 aromatic heterocycles. The van der Waals surface area contributed by atoms with Gasteiger partial charge in [-0.3, -0.25) is 4.79 Å². The number of methoxy groups -OCH3 is 1. The van der Waals surface area contributed by atoms with Gasteiger partial charge in [-0.25, -0.2) is 22.0 Å². The molecule has 248 valence electrons. The van der Waals surface area contributed by atoms with Gasteiger partial charge in [-0.2, -0.15) is 4.31 Å². The van der Waals surface area contributed by atoms with Crippen molar-refractivity contribution in [3.05, 3.63) is 83.5 Å². The Morgan fingerprint density at radius 2 is 1.85 bits per heavy atom. The molecule has 0 unspecified atom stereocenters. The minimum Gasteiger partial charge on any atom is -0.453 e. The molecule has 13 heteroatoms. The predicted octanol–water partition coefficient (Wildman–Crippen LogP) is 4.45. The van der Waals surface area contributed by atoms with Crippen LogP contribution < -0.4 is 16.0 Å². The minimum atomic E-state index is -3.83. The highest BCUT2D eigenvalue weighted by atomic mass is 32.2. The molecule has 2 amide bonds. The third kappa shape index (κ3) is 7.02. The first-order valence-electron chi connectivity index (χ1n) is 15.4. The summed E-state index contributed by atoms with van der Waals surface area (Å²) in [7, 11) is -2.64. The molecule has 5 rings (SSSR count). The van der Waals surface area contributed by atoms with E-state index in [9.17, 15) is 22.4 Å². The maximum atomic E-state index is 15.4. The molecule has 0 saturated carbocycles. The minimum absolute atomic E-state index is 0.122. The van der Waals surface area contributed by atoms with Crippen LogP contribution in [0.2, 0.25) is 0 Å². The zero-order valence-corrected chi connectivity index (χ0v) is 26.7. The van der Waals surface area contributed by atoms with Gasteiger partial charge in [-0.1, -0.05) is 29.8 Å². The molecule has 0 spiro atoms. The van der Waals surface area contributed by atoms with Crippen molar-refractivity contribution in [3.8, 4) is 0 Å². The van der Waals surface area contributed by atoms with Crippen molar-refractivity contribution in [3.63, 3.8) is 0 Å². The van der Waals surface area contributed by atoms with E-state index in [2.05, 4.69) is 16.0 Å². The fraction of sp³-hybridized carbons (Fsp3) is 0.455. The molecule has 2 saturated heterocycles. The molecule has 2 aromatic rings. The number of amides is 2. The van der Waals surface area contributed by atoms with Crippen LogP contribution in [0, 0.1) is 11.2 Å². The summed E-state index contributed by atoms with van der Waals surface area (Å²) in [6.07, 6.45) is 3.34. The number of nitrogens with one attached hydrogen (secondary N) is 3. The molecule has 10 nitrogen and oxygen atoms in total. The van der Waals surface area contributed by atoms with E-state index in [1.807, 2.05) is 6.92 Å². The van der Waals surface area contributed by atoms with Gasteiger partial charge in [0.1, 0.15) is 17.7 Å². The maximum absolute atomic E-state index is 15.4. The van der Waals surface area contributed by atoms with E-state index in [4.69, 9.17) is 9.47 Å². The van der Waals surface area contributed by atoms with E-state index in [0.29, 0.717) is 44.7 Å². The van der Waals surface area contributed by atoms with Crippen LogP contribution in [0.25, 0.3) is 0 Å². The fourth-order valence-corrected chi connectivity index (χ4v) is 8.69. The average Bonchev–Trinajstić information content (AvgIpc) is 3.50. The quantitative estimate of drug-likeness (QED) is 0.345. The number of nitrogens with zero attached hydrogens (tertiary/aromatic N) is 1. The van der Waals surface area contributed by atoms with Gasteiger partial charge in [0.05, 0.1) is 12.0 Å². The van der Waals surface area contributed by atoms with E-state index in [1.54, 1.807) is 36.4 Å². The lowest BCUT2D eigenvalue weighted by Gasteiger charge is -2.44. The molecular formula is C33H40F2N4O6S. The van der Waals surface area contributed by atoms with Crippen molar-refractivity contribution in [2.24, 2.45) is 5.41 Å².